The van der Waals surface area contributed by atoms with Gasteiger partial charge in [-0.1, -0.05) is 13.8 Å². The molecule has 0 aromatic rings. The first kappa shape index (κ1) is 17.4. The van der Waals surface area contributed by atoms with Gasteiger partial charge in [0.2, 0.25) is 15.9 Å². The molecule has 1 aliphatic rings. The number of amides is 1. The van der Waals surface area contributed by atoms with Gasteiger partial charge < -0.3 is 11.1 Å². The van der Waals surface area contributed by atoms with Gasteiger partial charge in [-0.15, -0.1) is 0 Å². The largest absolute Gasteiger partial charge is 0.354 e. The third-order valence-electron chi connectivity index (χ3n) is 4.32. The number of nitrogens with two attached hydrogens (primary N) is 1. The predicted octanol–water partition coefficient (Wildman–Crippen LogP) is 0.292. The van der Waals surface area contributed by atoms with Crippen LogP contribution in [0.1, 0.15) is 39.5 Å². The van der Waals surface area contributed by atoms with Crippen molar-refractivity contribution in [2.75, 3.05) is 25.9 Å². The molecule has 3 N–H and O–H groups in total. The van der Waals surface area contributed by atoms with Gasteiger partial charge in [0, 0.05) is 31.1 Å². The number of carbonyl (C=O) groups excluding carboxylic acids is 1. The van der Waals surface area contributed by atoms with E-state index in [-0.39, 0.29) is 17.4 Å². The van der Waals surface area contributed by atoms with Crippen molar-refractivity contribution in [1.82, 2.24) is 9.62 Å². The Kier molecular flexibility index (Phi) is 5.97. The Labute approximate surface area is 122 Å². The van der Waals surface area contributed by atoms with Crippen LogP contribution < -0.4 is 11.1 Å². The number of sulfonamides is 1. The standard InChI is InChI=1S/C13H27N3O3S/c1-4-13(14,5-2)10-15-12(17)11-6-8-16(9-7-11)20(3,18)19/h11H,4-10,14H2,1-3H3,(H,15,17). The van der Waals surface area contributed by atoms with Gasteiger partial charge in [0.05, 0.1) is 6.26 Å². The highest BCUT2D eigenvalue weighted by atomic mass is 32.2. The van der Waals surface area contributed by atoms with Gasteiger partial charge in [-0.25, -0.2) is 12.7 Å². The monoisotopic (exact) mass is 305 g/mol. The zero-order valence-electron chi connectivity index (χ0n) is 12.7. The number of nitrogens with zero attached hydrogens (tertiary/aromatic N) is 1. The lowest BCUT2D eigenvalue weighted by atomic mass is 9.93. The van der Waals surface area contributed by atoms with Crippen LogP contribution in [0.3, 0.4) is 0 Å². The molecule has 0 radical (unpaired) electrons. The maximum atomic E-state index is 12.1. The van der Waals surface area contributed by atoms with E-state index in [1.54, 1.807) is 0 Å². The second-order valence-corrected chi connectivity index (χ2v) is 7.71. The van der Waals surface area contributed by atoms with Crippen molar-refractivity contribution in [2.45, 2.75) is 45.1 Å². The summed E-state index contributed by atoms with van der Waals surface area (Å²) in [6, 6.07) is 0. The van der Waals surface area contributed by atoms with Crippen molar-refractivity contribution in [3.63, 3.8) is 0 Å². The van der Waals surface area contributed by atoms with Crippen LogP contribution in [0.25, 0.3) is 0 Å². The Morgan fingerprint density at radius 3 is 2.20 bits per heavy atom. The van der Waals surface area contributed by atoms with Crippen LogP contribution >= 0.6 is 0 Å². The van der Waals surface area contributed by atoms with Gasteiger partial charge in [-0.3, -0.25) is 4.79 Å². The summed E-state index contributed by atoms with van der Waals surface area (Å²) in [5.41, 5.74) is 5.81. The molecule has 0 atom stereocenters. The summed E-state index contributed by atoms with van der Waals surface area (Å²) in [4.78, 5) is 12.1. The highest BCUT2D eigenvalue weighted by Gasteiger charge is 2.30. The molecule has 0 unspecified atom stereocenters. The van der Waals surface area contributed by atoms with Crippen molar-refractivity contribution in [1.29, 1.82) is 0 Å². The maximum absolute atomic E-state index is 12.1. The van der Waals surface area contributed by atoms with Crippen molar-refractivity contribution in [2.24, 2.45) is 11.7 Å². The fourth-order valence-corrected chi connectivity index (χ4v) is 3.23. The molecule has 0 bridgehead atoms. The van der Waals surface area contributed by atoms with Crippen molar-refractivity contribution < 1.29 is 13.2 Å². The molecule has 1 heterocycles. The zero-order valence-corrected chi connectivity index (χ0v) is 13.5. The maximum Gasteiger partial charge on any atom is 0.223 e. The van der Waals surface area contributed by atoms with Gasteiger partial charge >= 0.3 is 0 Å². The van der Waals surface area contributed by atoms with E-state index < -0.39 is 10.0 Å². The summed E-state index contributed by atoms with van der Waals surface area (Å²) in [7, 11) is -3.14. The predicted molar refractivity (Wildman–Crippen MR) is 79.7 cm³/mol. The summed E-state index contributed by atoms with van der Waals surface area (Å²) < 4.78 is 24.2. The van der Waals surface area contributed by atoms with Crippen LogP contribution in [0.5, 0.6) is 0 Å². The number of nitrogens with one attached hydrogen (secondary N) is 1. The Morgan fingerprint density at radius 1 is 1.30 bits per heavy atom. The minimum atomic E-state index is -3.14. The Bertz CT molecular complexity index is 424. The van der Waals surface area contributed by atoms with Crippen LogP contribution in [0.4, 0.5) is 0 Å². The molecule has 0 aliphatic carbocycles. The lowest BCUT2D eigenvalue weighted by molar-refractivity contribution is -0.126. The molecule has 0 saturated carbocycles. The molecular weight excluding hydrogens is 278 g/mol. The SMILES string of the molecule is CCC(N)(CC)CNC(=O)C1CCN(S(C)(=O)=O)CC1. The number of rotatable bonds is 6. The molecule has 1 saturated heterocycles. The first-order valence-corrected chi connectivity index (χ1v) is 9.08. The van der Waals surface area contributed by atoms with E-state index in [1.165, 1.54) is 10.6 Å². The molecule has 0 aromatic carbocycles. The average Bonchev–Trinajstić information content (AvgIpc) is 2.43. The Hall–Kier alpha value is -0.660. The van der Waals surface area contributed by atoms with Gasteiger partial charge in [0.25, 0.3) is 0 Å². The lowest BCUT2D eigenvalue weighted by Crippen LogP contribution is -2.51. The quantitative estimate of drug-likeness (QED) is 0.738. The normalized spacial score (nSPS) is 19.0. The first-order chi connectivity index (χ1) is 9.22. The summed E-state index contributed by atoms with van der Waals surface area (Å²) >= 11 is 0. The van der Waals surface area contributed by atoms with Crippen LogP contribution in [0, 0.1) is 5.92 Å². The number of hydrogen-bond donors (Lipinski definition) is 2. The molecule has 118 valence electrons. The summed E-state index contributed by atoms with van der Waals surface area (Å²) in [5.74, 6) is -0.110. The van der Waals surface area contributed by atoms with E-state index in [9.17, 15) is 13.2 Å². The molecule has 0 aromatic heterocycles. The number of hydrogen-bond acceptors (Lipinski definition) is 4. The smallest absolute Gasteiger partial charge is 0.223 e. The van der Waals surface area contributed by atoms with Crippen molar-refractivity contribution in [3.05, 3.63) is 0 Å². The Morgan fingerprint density at radius 2 is 1.80 bits per heavy atom. The third-order valence-corrected chi connectivity index (χ3v) is 5.62. The topological polar surface area (TPSA) is 92.5 Å². The molecular formula is C13H27N3O3S. The highest BCUT2D eigenvalue weighted by Crippen LogP contribution is 2.19. The minimum Gasteiger partial charge on any atom is -0.354 e. The van der Waals surface area contributed by atoms with Crippen LogP contribution in [0.15, 0.2) is 0 Å². The molecule has 1 rings (SSSR count). The molecule has 6 nitrogen and oxygen atoms in total. The van der Waals surface area contributed by atoms with Crippen molar-refractivity contribution in [3.8, 4) is 0 Å². The summed E-state index contributed by atoms with van der Waals surface area (Å²) in [6.45, 7) is 5.35. The highest BCUT2D eigenvalue weighted by molar-refractivity contribution is 7.88. The molecule has 0 spiro atoms. The summed E-state index contributed by atoms with van der Waals surface area (Å²) in [5, 5.41) is 2.92. The minimum absolute atomic E-state index is 0.00474. The second-order valence-electron chi connectivity index (χ2n) is 5.72. The molecule has 7 heteroatoms. The third kappa shape index (κ3) is 4.71. The van der Waals surface area contributed by atoms with Crippen molar-refractivity contribution >= 4 is 15.9 Å². The lowest BCUT2D eigenvalue weighted by Gasteiger charge is -2.31. The van der Waals surface area contributed by atoms with Crippen LogP contribution in [0.2, 0.25) is 0 Å². The van der Waals surface area contributed by atoms with E-state index >= 15 is 0 Å². The molecule has 20 heavy (non-hydrogen) atoms. The van der Waals surface area contributed by atoms with E-state index in [0.717, 1.165) is 12.8 Å². The molecule has 1 fully saturated rings. The average molecular weight is 305 g/mol. The second kappa shape index (κ2) is 6.87. The van der Waals surface area contributed by atoms with E-state index in [1.807, 2.05) is 13.8 Å². The first-order valence-electron chi connectivity index (χ1n) is 7.23. The van der Waals surface area contributed by atoms with Crippen LogP contribution in [-0.4, -0.2) is 50.1 Å². The fourth-order valence-electron chi connectivity index (χ4n) is 2.36. The zero-order chi connectivity index (χ0) is 15.4. The fraction of sp³-hybridized carbons (Fsp3) is 0.923. The summed E-state index contributed by atoms with van der Waals surface area (Å²) in [6.07, 6.45) is 3.99. The van der Waals surface area contributed by atoms with Crippen LogP contribution in [-0.2, 0) is 14.8 Å². The van der Waals surface area contributed by atoms with Gasteiger partial charge in [0.1, 0.15) is 0 Å². The number of carbonyl (C=O) groups is 1. The van der Waals surface area contributed by atoms with E-state index in [2.05, 4.69) is 5.32 Å². The van der Waals surface area contributed by atoms with Gasteiger partial charge in [-0.05, 0) is 25.7 Å². The van der Waals surface area contributed by atoms with E-state index in [4.69, 9.17) is 5.73 Å². The number of piperidine rings is 1. The van der Waals surface area contributed by atoms with Gasteiger partial charge in [-0.2, -0.15) is 0 Å². The molecule has 1 aliphatic heterocycles. The molecule has 1 amide bonds. The van der Waals surface area contributed by atoms with E-state index in [0.29, 0.717) is 32.5 Å². The van der Waals surface area contributed by atoms with Gasteiger partial charge in [0.15, 0.2) is 0 Å². The Balaban J connectivity index is 2.44.